The molecule has 10 heteroatoms. The quantitative estimate of drug-likeness (QED) is 0.579. The molecule has 1 atom stereocenters. The lowest BCUT2D eigenvalue weighted by Gasteiger charge is -2.31. The van der Waals surface area contributed by atoms with Crippen LogP contribution in [0, 0.1) is 11.8 Å². The Morgan fingerprint density at radius 3 is 2.55 bits per heavy atom. The number of anilines is 1. The Balaban J connectivity index is 1.45. The van der Waals surface area contributed by atoms with Crippen molar-refractivity contribution in [3.8, 4) is 0 Å². The molecule has 33 heavy (non-hydrogen) atoms. The molecule has 1 aliphatic heterocycles. The molecule has 1 aromatic heterocycles. The maximum absolute atomic E-state index is 13.2. The minimum absolute atomic E-state index is 0.175. The molecule has 0 bridgehead atoms. The van der Waals surface area contributed by atoms with Crippen LogP contribution in [0.5, 0.6) is 0 Å². The van der Waals surface area contributed by atoms with Crippen molar-refractivity contribution in [3.05, 3.63) is 40.3 Å². The summed E-state index contributed by atoms with van der Waals surface area (Å²) in [5, 5.41) is 3.48. The predicted molar refractivity (Wildman–Crippen MR) is 132 cm³/mol. The van der Waals surface area contributed by atoms with Gasteiger partial charge in [0, 0.05) is 28.8 Å². The van der Waals surface area contributed by atoms with Crippen molar-refractivity contribution in [2.24, 2.45) is 17.6 Å². The van der Waals surface area contributed by atoms with Gasteiger partial charge in [0.05, 0.1) is 10.5 Å². The standard InChI is InChI=1S/C23H29N3O4S3/c1-14-7-8-16-18(13-14)32-23(20(16)21(24)27)25-22(28)15-9-11-26(12-10-15)33(29,30)19-6-4-3-5-17(19)31-2/h3-6,14-15H,7-13H2,1-2H3,(H2,24,27)(H,25,28). The lowest BCUT2D eigenvalue weighted by molar-refractivity contribution is -0.120. The maximum atomic E-state index is 13.2. The normalized spacial score (nSPS) is 19.8. The molecule has 178 valence electrons. The summed E-state index contributed by atoms with van der Waals surface area (Å²) in [6.45, 7) is 2.75. The number of hydrogen-bond donors (Lipinski definition) is 2. The fraction of sp³-hybridized carbons (Fsp3) is 0.478. The van der Waals surface area contributed by atoms with E-state index in [2.05, 4.69) is 12.2 Å². The Hall–Kier alpha value is -1.88. The van der Waals surface area contributed by atoms with Crippen LogP contribution in [0.2, 0.25) is 0 Å². The molecule has 0 spiro atoms. The summed E-state index contributed by atoms with van der Waals surface area (Å²) in [5.41, 5.74) is 7.09. The molecule has 3 N–H and O–H groups in total. The maximum Gasteiger partial charge on any atom is 0.251 e. The van der Waals surface area contributed by atoms with Crippen LogP contribution in [0.25, 0.3) is 0 Å². The highest BCUT2D eigenvalue weighted by Crippen LogP contribution is 2.40. The molecule has 2 aromatic rings. The number of nitrogens with one attached hydrogen (secondary N) is 1. The van der Waals surface area contributed by atoms with Gasteiger partial charge in [0.1, 0.15) is 5.00 Å². The molecule has 1 aromatic carbocycles. The van der Waals surface area contributed by atoms with Gasteiger partial charge in [-0.15, -0.1) is 23.1 Å². The second-order valence-corrected chi connectivity index (χ2v) is 12.6. The van der Waals surface area contributed by atoms with E-state index in [-0.39, 0.29) is 24.9 Å². The van der Waals surface area contributed by atoms with Gasteiger partial charge in [0.25, 0.3) is 5.91 Å². The van der Waals surface area contributed by atoms with Crippen molar-refractivity contribution in [2.75, 3.05) is 24.7 Å². The predicted octanol–water partition coefficient (Wildman–Crippen LogP) is 3.73. The number of nitrogens with two attached hydrogens (primary N) is 1. The zero-order chi connectivity index (χ0) is 23.8. The molecular weight excluding hydrogens is 478 g/mol. The molecule has 1 aliphatic carbocycles. The Labute approximate surface area is 203 Å². The number of sulfonamides is 1. The van der Waals surface area contributed by atoms with Gasteiger partial charge in [0.2, 0.25) is 15.9 Å². The lowest BCUT2D eigenvalue weighted by atomic mass is 9.88. The van der Waals surface area contributed by atoms with Crippen LogP contribution >= 0.6 is 23.1 Å². The highest BCUT2D eigenvalue weighted by Gasteiger charge is 2.34. The summed E-state index contributed by atoms with van der Waals surface area (Å²) in [5.74, 6) is -0.453. The van der Waals surface area contributed by atoms with E-state index in [1.165, 1.54) is 27.4 Å². The summed E-state index contributed by atoms with van der Waals surface area (Å²) >= 11 is 2.85. The molecule has 2 heterocycles. The van der Waals surface area contributed by atoms with E-state index in [4.69, 9.17) is 5.73 Å². The molecule has 0 saturated carbocycles. The average Bonchev–Trinajstić information content (AvgIpc) is 3.16. The zero-order valence-electron chi connectivity index (χ0n) is 18.8. The highest BCUT2D eigenvalue weighted by molar-refractivity contribution is 7.99. The van der Waals surface area contributed by atoms with Gasteiger partial charge in [-0.1, -0.05) is 19.1 Å². The van der Waals surface area contributed by atoms with Crippen LogP contribution in [-0.2, 0) is 27.7 Å². The van der Waals surface area contributed by atoms with E-state index in [1.54, 1.807) is 18.2 Å². The molecule has 0 radical (unpaired) electrons. The second-order valence-electron chi connectivity index (χ2n) is 8.74. The molecule has 7 nitrogen and oxygen atoms in total. The van der Waals surface area contributed by atoms with Gasteiger partial charge in [-0.2, -0.15) is 4.31 Å². The van der Waals surface area contributed by atoms with Gasteiger partial charge in [-0.25, -0.2) is 8.42 Å². The van der Waals surface area contributed by atoms with Crippen molar-refractivity contribution in [2.45, 2.75) is 48.8 Å². The van der Waals surface area contributed by atoms with E-state index >= 15 is 0 Å². The first-order valence-electron chi connectivity index (χ1n) is 11.1. The van der Waals surface area contributed by atoms with Crippen molar-refractivity contribution in [1.29, 1.82) is 0 Å². The van der Waals surface area contributed by atoms with Gasteiger partial charge in [-0.3, -0.25) is 9.59 Å². The number of primary amides is 1. The zero-order valence-corrected chi connectivity index (χ0v) is 21.2. The monoisotopic (exact) mass is 507 g/mol. The topological polar surface area (TPSA) is 110 Å². The number of thioether (sulfide) groups is 1. The van der Waals surface area contributed by atoms with E-state index in [1.807, 2.05) is 12.3 Å². The van der Waals surface area contributed by atoms with Gasteiger partial charge < -0.3 is 11.1 Å². The van der Waals surface area contributed by atoms with Crippen LogP contribution in [0.1, 0.15) is 47.0 Å². The van der Waals surface area contributed by atoms with E-state index in [9.17, 15) is 18.0 Å². The summed E-state index contributed by atoms with van der Waals surface area (Å²) in [6.07, 6.45) is 5.41. The molecule has 2 aliphatic rings. The van der Waals surface area contributed by atoms with Gasteiger partial charge in [0.15, 0.2) is 0 Å². The largest absolute Gasteiger partial charge is 0.365 e. The molecular formula is C23H29N3O4S3. The van der Waals surface area contributed by atoms with Crippen LogP contribution in [0.4, 0.5) is 5.00 Å². The van der Waals surface area contributed by atoms with Crippen LogP contribution in [-0.4, -0.2) is 43.9 Å². The van der Waals surface area contributed by atoms with Gasteiger partial charge >= 0.3 is 0 Å². The summed E-state index contributed by atoms with van der Waals surface area (Å²) in [4.78, 5) is 27.3. The number of nitrogens with zero attached hydrogens (tertiary/aromatic N) is 1. The highest BCUT2D eigenvalue weighted by atomic mass is 32.2. The lowest BCUT2D eigenvalue weighted by Crippen LogP contribution is -2.41. The number of rotatable bonds is 6. The molecule has 1 unspecified atom stereocenters. The van der Waals surface area contributed by atoms with E-state index < -0.39 is 15.9 Å². The number of benzene rings is 1. The first kappa shape index (κ1) is 24.3. The van der Waals surface area contributed by atoms with E-state index in [0.717, 1.165) is 29.7 Å². The third kappa shape index (κ3) is 4.84. The summed E-state index contributed by atoms with van der Waals surface area (Å²) in [7, 11) is -3.62. The molecule has 1 saturated heterocycles. The third-order valence-electron chi connectivity index (χ3n) is 6.51. The fourth-order valence-corrected chi connectivity index (χ4v) is 8.65. The SMILES string of the molecule is CSc1ccccc1S(=O)(=O)N1CCC(C(=O)Nc2sc3c(c2C(N)=O)CCC(C)C3)CC1. The summed E-state index contributed by atoms with van der Waals surface area (Å²) < 4.78 is 27.8. The van der Waals surface area contributed by atoms with Crippen molar-refractivity contribution in [1.82, 2.24) is 4.31 Å². The first-order chi connectivity index (χ1) is 15.7. The smallest absolute Gasteiger partial charge is 0.251 e. The number of hydrogen-bond acceptors (Lipinski definition) is 6. The summed E-state index contributed by atoms with van der Waals surface area (Å²) in [6, 6.07) is 6.98. The minimum Gasteiger partial charge on any atom is -0.365 e. The number of carbonyl (C=O) groups is 2. The van der Waals surface area contributed by atoms with Crippen molar-refractivity contribution < 1.29 is 18.0 Å². The fourth-order valence-electron chi connectivity index (χ4n) is 4.64. The Kier molecular flexibility index (Phi) is 7.18. The van der Waals surface area contributed by atoms with Crippen LogP contribution in [0.15, 0.2) is 34.1 Å². The third-order valence-corrected chi connectivity index (χ3v) is 10.6. The Bertz CT molecular complexity index is 1170. The van der Waals surface area contributed by atoms with E-state index in [0.29, 0.717) is 39.1 Å². The van der Waals surface area contributed by atoms with Gasteiger partial charge in [-0.05, 0) is 62.0 Å². The number of fused-ring (bicyclic) bond motifs is 1. The number of piperidine rings is 1. The Morgan fingerprint density at radius 2 is 1.88 bits per heavy atom. The average molecular weight is 508 g/mol. The van der Waals surface area contributed by atoms with Crippen molar-refractivity contribution in [3.63, 3.8) is 0 Å². The number of amides is 2. The van der Waals surface area contributed by atoms with Crippen LogP contribution < -0.4 is 11.1 Å². The number of thiophene rings is 1. The first-order valence-corrected chi connectivity index (χ1v) is 14.6. The second kappa shape index (κ2) is 9.77. The Morgan fingerprint density at radius 1 is 1.18 bits per heavy atom. The molecule has 4 rings (SSSR count). The molecule has 2 amide bonds. The van der Waals surface area contributed by atoms with Crippen molar-refractivity contribution >= 4 is 49.9 Å². The number of carbonyl (C=O) groups excluding carboxylic acids is 2. The van der Waals surface area contributed by atoms with Crippen LogP contribution in [0.3, 0.4) is 0 Å². The minimum atomic E-state index is -3.62. The molecule has 1 fully saturated rings.